The van der Waals surface area contributed by atoms with E-state index in [1.807, 2.05) is 32.0 Å². The number of anilines is 1. The Bertz CT molecular complexity index is 993. The average molecular weight is 425 g/mol. The van der Waals surface area contributed by atoms with Crippen molar-refractivity contribution < 1.29 is 23.8 Å². The van der Waals surface area contributed by atoms with E-state index in [4.69, 9.17) is 14.2 Å². The summed E-state index contributed by atoms with van der Waals surface area (Å²) in [4.78, 5) is 26.7. The van der Waals surface area contributed by atoms with Crippen LogP contribution in [0.25, 0.3) is 0 Å². The molecule has 2 amide bonds. The second-order valence-corrected chi connectivity index (χ2v) is 7.37. The van der Waals surface area contributed by atoms with Crippen molar-refractivity contribution in [1.82, 2.24) is 5.43 Å². The summed E-state index contributed by atoms with van der Waals surface area (Å²) in [5.41, 5.74) is 6.26. The SMILES string of the molecule is COc1cc(/C=N\NC(=O)[C@H]2CC(=O)N(c3ccc(C)c(C)c3)C2)cc(OC)c1OC. The Labute approximate surface area is 181 Å². The minimum atomic E-state index is -0.466. The molecular weight excluding hydrogens is 398 g/mol. The molecule has 1 aliphatic heterocycles. The quantitative estimate of drug-likeness (QED) is 0.544. The van der Waals surface area contributed by atoms with Gasteiger partial charge in [-0.05, 0) is 49.2 Å². The molecule has 0 aromatic heterocycles. The summed E-state index contributed by atoms with van der Waals surface area (Å²) in [5, 5.41) is 4.03. The fourth-order valence-electron chi connectivity index (χ4n) is 3.46. The van der Waals surface area contributed by atoms with E-state index >= 15 is 0 Å². The standard InChI is InChI=1S/C23H27N3O5/c1-14-6-7-18(8-15(14)2)26-13-17(11-21(26)27)23(28)25-24-12-16-9-19(29-3)22(31-5)20(10-16)30-4/h6-10,12,17H,11,13H2,1-5H3,(H,25,28)/b24-12-/t17-/m0/s1. The van der Waals surface area contributed by atoms with Gasteiger partial charge in [0.2, 0.25) is 17.6 Å². The van der Waals surface area contributed by atoms with Crippen molar-refractivity contribution in [2.75, 3.05) is 32.8 Å². The van der Waals surface area contributed by atoms with Crippen LogP contribution >= 0.6 is 0 Å². The number of hydrogen-bond donors (Lipinski definition) is 1. The molecule has 31 heavy (non-hydrogen) atoms. The second-order valence-electron chi connectivity index (χ2n) is 7.37. The Hall–Kier alpha value is -3.55. The molecule has 8 heteroatoms. The van der Waals surface area contributed by atoms with E-state index in [1.165, 1.54) is 27.5 Å². The monoisotopic (exact) mass is 425 g/mol. The zero-order chi connectivity index (χ0) is 22.5. The van der Waals surface area contributed by atoms with Crippen LogP contribution in [-0.4, -0.2) is 45.9 Å². The highest BCUT2D eigenvalue weighted by Crippen LogP contribution is 2.37. The normalized spacial score (nSPS) is 16.0. The molecule has 8 nitrogen and oxygen atoms in total. The first-order valence-electron chi connectivity index (χ1n) is 9.88. The first-order valence-corrected chi connectivity index (χ1v) is 9.88. The number of nitrogens with zero attached hydrogens (tertiary/aromatic N) is 2. The lowest BCUT2D eigenvalue weighted by Gasteiger charge is -2.17. The van der Waals surface area contributed by atoms with E-state index in [9.17, 15) is 9.59 Å². The number of rotatable bonds is 7. The zero-order valence-electron chi connectivity index (χ0n) is 18.4. The molecule has 0 spiro atoms. The molecule has 1 fully saturated rings. The number of carbonyl (C=O) groups is 2. The van der Waals surface area contributed by atoms with E-state index in [0.717, 1.165) is 16.8 Å². The third-order valence-electron chi connectivity index (χ3n) is 5.37. The fourth-order valence-corrected chi connectivity index (χ4v) is 3.46. The fraction of sp³-hybridized carbons (Fsp3) is 0.348. The number of ether oxygens (including phenoxy) is 3. The summed E-state index contributed by atoms with van der Waals surface area (Å²) < 4.78 is 15.9. The molecule has 1 aliphatic rings. The summed E-state index contributed by atoms with van der Waals surface area (Å²) in [6.45, 7) is 4.35. The molecule has 1 saturated heterocycles. The van der Waals surface area contributed by atoms with Crippen LogP contribution in [0.1, 0.15) is 23.1 Å². The highest BCUT2D eigenvalue weighted by Gasteiger charge is 2.35. The molecule has 3 rings (SSSR count). The predicted octanol–water partition coefficient (Wildman–Crippen LogP) is 2.83. The summed E-state index contributed by atoms with van der Waals surface area (Å²) in [7, 11) is 4.58. The lowest BCUT2D eigenvalue weighted by Crippen LogP contribution is -2.30. The molecule has 1 N–H and O–H groups in total. The minimum Gasteiger partial charge on any atom is -0.493 e. The van der Waals surface area contributed by atoms with E-state index < -0.39 is 5.92 Å². The van der Waals surface area contributed by atoms with E-state index in [-0.39, 0.29) is 18.2 Å². The molecule has 1 heterocycles. The molecule has 0 saturated carbocycles. The Morgan fingerprint density at radius 3 is 2.32 bits per heavy atom. The molecule has 0 unspecified atom stereocenters. The largest absolute Gasteiger partial charge is 0.493 e. The molecule has 1 atom stereocenters. The Morgan fingerprint density at radius 1 is 1.06 bits per heavy atom. The summed E-state index contributed by atoms with van der Waals surface area (Å²) >= 11 is 0. The Kier molecular flexibility index (Phi) is 6.79. The first-order chi connectivity index (χ1) is 14.9. The maximum absolute atomic E-state index is 12.6. The zero-order valence-corrected chi connectivity index (χ0v) is 18.4. The van der Waals surface area contributed by atoms with Crippen molar-refractivity contribution in [3.63, 3.8) is 0 Å². The van der Waals surface area contributed by atoms with Crippen LogP contribution in [0.15, 0.2) is 35.4 Å². The van der Waals surface area contributed by atoms with E-state index in [0.29, 0.717) is 29.4 Å². The number of aryl methyl sites for hydroxylation is 2. The van der Waals surface area contributed by atoms with Crippen LogP contribution in [0.5, 0.6) is 17.2 Å². The molecule has 2 aromatic carbocycles. The number of nitrogens with one attached hydrogen (secondary N) is 1. The van der Waals surface area contributed by atoms with E-state index in [1.54, 1.807) is 17.0 Å². The van der Waals surface area contributed by atoms with Gasteiger partial charge in [-0.2, -0.15) is 5.10 Å². The molecular formula is C23H27N3O5. The number of benzene rings is 2. The van der Waals surface area contributed by atoms with Crippen molar-refractivity contribution in [3.8, 4) is 17.2 Å². The minimum absolute atomic E-state index is 0.0722. The topological polar surface area (TPSA) is 89.5 Å². The third-order valence-corrected chi connectivity index (χ3v) is 5.37. The van der Waals surface area contributed by atoms with Gasteiger partial charge in [0.05, 0.1) is 33.5 Å². The van der Waals surface area contributed by atoms with Gasteiger partial charge in [0.15, 0.2) is 11.5 Å². The molecule has 0 bridgehead atoms. The third kappa shape index (κ3) is 4.79. The van der Waals surface area contributed by atoms with Gasteiger partial charge in [0, 0.05) is 24.2 Å². The van der Waals surface area contributed by atoms with Crippen LogP contribution in [0, 0.1) is 19.8 Å². The van der Waals surface area contributed by atoms with Crippen molar-refractivity contribution in [2.24, 2.45) is 11.0 Å². The van der Waals surface area contributed by atoms with Gasteiger partial charge < -0.3 is 19.1 Å². The summed E-state index contributed by atoms with van der Waals surface area (Å²) in [6.07, 6.45) is 1.64. The summed E-state index contributed by atoms with van der Waals surface area (Å²) in [5.74, 6) is 0.605. The van der Waals surface area contributed by atoms with Crippen molar-refractivity contribution >= 4 is 23.7 Å². The molecule has 164 valence electrons. The van der Waals surface area contributed by atoms with Gasteiger partial charge in [-0.25, -0.2) is 5.43 Å². The van der Waals surface area contributed by atoms with Gasteiger partial charge in [-0.15, -0.1) is 0 Å². The number of amides is 2. The maximum atomic E-state index is 12.6. The number of carbonyl (C=O) groups excluding carboxylic acids is 2. The predicted molar refractivity (Wildman–Crippen MR) is 118 cm³/mol. The number of methoxy groups -OCH3 is 3. The second kappa shape index (κ2) is 9.51. The van der Waals surface area contributed by atoms with Crippen molar-refractivity contribution in [3.05, 3.63) is 47.0 Å². The average Bonchev–Trinajstić information content (AvgIpc) is 3.16. The van der Waals surface area contributed by atoms with Crippen molar-refractivity contribution in [1.29, 1.82) is 0 Å². The number of hydrogen-bond acceptors (Lipinski definition) is 6. The lowest BCUT2D eigenvalue weighted by molar-refractivity contribution is -0.126. The van der Waals surface area contributed by atoms with Crippen LogP contribution in [0.3, 0.4) is 0 Å². The highest BCUT2D eigenvalue weighted by molar-refractivity contribution is 6.00. The van der Waals surface area contributed by atoms with Crippen LogP contribution in [-0.2, 0) is 9.59 Å². The number of hydrazone groups is 1. The lowest BCUT2D eigenvalue weighted by atomic mass is 10.1. The van der Waals surface area contributed by atoms with Gasteiger partial charge in [0.25, 0.3) is 0 Å². The Morgan fingerprint density at radius 2 is 1.74 bits per heavy atom. The van der Waals surface area contributed by atoms with Gasteiger partial charge in [-0.3, -0.25) is 9.59 Å². The molecule has 0 aliphatic carbocycles. The maximum Gasteiger partial charge on any atom is 0.245 e. The molecule has 0 radical (unpaired) electrons. The van der Waals surface area contributed by atoms with Crippen LogP contribution in [0.4, 0.5) is 5.69 Å². The van der Waals surface area contributed by atoms with Crippen molar-refractivity contribution in [2.45, 2.75) is 20.3 Å². The van der Waals surface area contributed by atoms with E-state index in [2.05, 4.69) is 10.5 Å². The van der Waals surface area contributed by atoms with Crippen LogP contribution < -0.4 is 24.5 Å². The highest BCUT2D eigenvalue weighted by atomic mass is 16.5. The smallest absolute Gasteiger partial charge is 0.245 e. The van der Waals surface area contributed by atoms with Gasteiger partial charge in [0.1, 0.15) is 0 Å². The first kappa shape index (κ1) is 22.1. The molecule has 2 aromatic rings. The summed E-state index contributed by atoms with van der Waals surface area (Å²) in [6, 6.07) is 9.29. The Balaban J connectivity index is 1.66. The van der Waals surface area contributed by atoms with Crippen LogP contribution in [0.2, 0.25) is 0 Å². The van der Waals surface area contributed by atoms with Gasteiger partial charge >= 0.3 is 0 Å². The van der Waals surface area contributed by atoms with Gasteiger partial charge in [-0.1, -0.05) is 6.07 Å².